The van der Waals surface area contributed by atoms with Crippen LogP contribution in [0.1, 0.15) is 19.4 Å². The molecule has 1 nitrogen and oxygen atoms in total. The van der Waals surface area contributed by atoms with E-state index in [4.69, 9.17) is 0 Å². The molecule has 1 aromatic carbocycles. The van der Waals surface area contributed by atoms with Gasteiger partial charge in [0.1, 0.15) is 0 Å². The van der Waals surface area contributed by atoms with Crippen LogP contribution in [0, 0.1) is 5.92 Å². The van der Waals surface area contributed by atoms with Crippen LogP contribution in [0.25, 0.3) is 5.57 Å². The van der Waals surface area contributed by atoms with Gasteiger partial charge in [0.05, 0.1) is 0 Å². The lowest BCUT2D eigenvalue weighted by atomic mass is 9.95. The molecular formula is C12H13O. The fourth-order valence-electron chi connectivity index (χ4n) is 1.36. The SMILES string of the molecule is CC=C(c1ccccc1)C(C)[C]=O. The predicted molar refractivity (Wildman–Crippen MR) is 55.0 cm³/mol. The van der Waals surface area contributed by atoms with E-state index in [-0.39, 0.29) is 5.92 Å². The molecule has 1 radical (unpaired) electrons. The largest absolute Gasteiger partial charge is 0.290 e. The first-order chi connectivity index (χ1) is 6.29. The van der Waals surface area contributed by atoms with Gasteiger partial charge in [-0.15, -0.1) is 0 Å². The summed E-state index contributed by atoms with van der Waals surface area (Å²) in [6.45, 7) is 3.80. The second-order valence-corrected chi connectivity index (χ2v) is 2.95. The van der Waals surface area contributed by atoms with Gasteiger partial charge in [0.2, 0.25) is 6.29 Å². The second-order valence-electron chi connectivity index (χ2n) is 2.95. The summed E-state index contributed by atoms with van der Waals surface area (Å²) in [6, 6.07) is 9.91. The molecule has 0 aromatic heterocycles. The van der Waals surface area contributed by atoms with Gasteiger partial charge in [-0.25, -0.2) is 0 Å². The van der Waals surface area contributed by atoms with Crippen molar-refractivity contribution in [3.8, 4) is 0 Å². The van der Waals surface area contributed by atoms with E-state index in [1.807, 2.05) is 56.5 Å². The van der Waals surface area contributed by atoms with Crippen molar-refractivity contribution in [1.82, 2.24) is 0 Å². The Balaban J connectivity index is 2.99. The van der Waals surface area contributed by atoms with Gasteiger partial charge in [0, 0.05) is 5.92 Å². The summed E-state index contributed by atoms with van der Waals surface area (Å²) >= 11 is 0. The first-order valence-electron chi connectivity index (χ1n) is 4.39. The molecule has 0 spiro atoms. The molecule has 0 saturated carbocycles. The molecule has 0 saturated heterocycles. The highest BCUT2D eigenvalue weighted by molar-refractivity contribution is 5.80. The Morgan fingerprint density at radius 1 is 1.38 bits per heavy atom. The van der Waals surface area contributed by atoms with E-state index in [0.717, 1.165) is 11.1 Å². The second kappa shape index (κ2) is 4.61. The summed E-state index contributed by atoms with van der Waals surface area (Å²) in [5.74, 6) is -0.146. The van der Waals surface area contributed by atoms with E-state index in [2.05, 4.69) is 0 Å². The maximum Gasteiger partial charge on any atom is 0.206 e. The smallest absolute Gasteiger partial charge is 0.206 e. The Bertz CT molecular complexity index is 298. The van der Waals surface area contributed by atoms with Crippen LogP contribution >= 0.6 is 0 Å². The van der Waals surface area contributed by atoms with Crippen molar-refractivity contribution in [3.63, 3.8) is 0 Å². The highest BCUT2D eigenvalue weighted by Gasteiger charge is 2.08. The first-order valence-corrected chi connectivity index (χ1v) is 4.39. The lowest BCUT2D eigenvalue weighted by Gasteiger charge is -2.08. The van der Waals surface area contributed by atoms with Gasteiger partial charge in [-0.1, -0.05) is 43.3 Å². The molecule has 1 unspecified atom stereocenters. The van der Waals surface area contributed by atoms with Crippen LogP contribution in [0.15, 0.2) is 36.4 Å². The third-order valence-electron chi connectivity index (χ3n) is 2.06. The average molecular weight is 173 g/mol. The average Bonchev–Trinajstić information content (AvgIpc) is 2.20. The van der Waals surface area contributed by atoms with Crippen LogP contribution in [0.3, 0.4) is 0 Å². The lowest BCUT2D eigenvalue weighted by molar-refractivity contribution is 0.545. The van der Waals surface area contributed by atoms with Crippen molar-refractivity contribution in [2.45, 2.75) is 13.8 Å². The summed E-state index contributed by atoms with van der Waals surface area (Å²) in [4.78, 5) is 10.5. The molecule has 0 heterocycles. The monoisotopic (exact) mass is 173 g/mol. The molecule has 0 aliphatic carbocycles. The van der Waals surface area contributed by atoms with Crippen LogP contribution in [0.4, 0.5) is 0 Å². The van der Waals surface area contributed by atoms with Crippen molar-refractivity contribution in [2.24, 2.45) is 5.92 Å². The molecule has 0 aliphatic heterocycles. The van der Waals surface area contributed by atoms with E-state index < -0.39 is 0 Å². The molecule has 67 valence electrons. The molecule has 1 aromatic rings. The Morgan fingerprint density at radius 3 is 2.46 bits per heavy atom. The molecular weight excluding hydrogens is 160 g/mol. The highest BCUT2D eigenvalue weighted by atomic mass is 16.1. The maximum atomic E-state index is 10.5. The van der Waals surface area contributed by atoms with Crippen molar-refractivity contribution in [2.75, 3.05) is 0 Å². The van der Waals surface area contributed by atoms with Gasteiger partial charge >= 0.3 is 0 Å². The third kappa shape index (κ3) is 2.28. The zero-order valence-electron chi connectivity index (χ0n) is 7.95. The Morgan fingerprint density at radius 2 is 2.00 bits per heavy atom. The topological polar surface area (TPSA) is 17.1 Å². The number of rotatable bonds is 3. The molecule has 1 rings (SSSR count). The van der Waals surface area contributed by atoms with E-state index in [9.17, 15) is 4.79 Å². The fourth-order valence-corrected chi connectivity index (χ4v) is 1.36. The van der Waals surface area contributed by atoms with Gasteiger partial charge < -0.3 is 0 Å². The van der Waals surface area contributed by atoms with Gasteiger partial charge in [-0.2, -0.15) is 0 Å². The molecule has 0 fully saturated rings. The number of hydrogen-bond donors (Lipinski definition) is 0. The van der Waals surface area contributed by atoms with Gasteiger partial charge in [-0.05, 0) is 18.1 Å². The standard InChI is InChI=1S/C12H13O/c1-3-12(10(2)9-13)11-7-5-4-6-8-11/h3-8,10H,1-2H3. The van der Waals surface area contributed by atoms with E-state index in [1.54, 1.807) is 0 Å². The summed E-state index contributed by atoms with van der Waals surface area (Å²) in [5.41, 5.74) is 2.14. The van der Waals surface area contributed by atoms with E-state index >= 15 is 0 Å². The molecule has 0 aliphatic rings. The number of allylic oxidation sites excluding steroid dienone is 2. The normalized spacial score (nSPS) is 13.8. The summed E-state index contributed by atoms with van der Waals surface area (Å²) in [6.07, 6.45) is 3.96. The quantitative estimate of drug-likeness (QED) is 0.687. The lowest BCUT2D eigenvalue weighted by Crippen LogP contribution is -1.99. The van der Waals surface area contributed by atoms with Crippen molar-refractivity contribution in [1.29, 1.82) is 0 Å². The maximum absolute atomic E-state index is 10.5. The summed E-state index contributed by atoms with van der Waals surface area (Å²) in [7, 11) is 0. The van der Waals surface area contributed by atoms with E-state index in [0.29, 0.717) is 0 Å². The molecule has 1 atom stereocenters. The van der Waals surface area contributed by atoms with Crippen molar-refractivity contribution < 1.29 is 4.79 Å². The number of carbonyl (C=O) groups excluding carboxylic acids is 1. The van der Waals surface area contributed by atoms with Crippen LogP contribution in [0.2, 0.25) is 0 Å². The van der Waals surface area contributed by atoms with Crippen molar-refractivity contribution >= 4 is 11.9 Å². The molecule has 0 bridgehead atoms. The van der Waals surface area contributed by atoms with Gasteiger partial charge in [0.25, 0.3) is 0 Å². The van der Waals surface area contributed by atoms with Gasteiger partial charge in [-0.3, -0.25) is 4.79 Å². The number of hydrogen-bond acceptors (Lipinski definition) is 1. The first kappa shape index (κ1) is 9.72. The minimum absolute atomic E-state index is 0.146. The summed E-state index contributed by atoms with van der Waals surface area (Å²) in [5, 5.41) is 0. The van der Waals surface area contributed by atoms with Crippen LogP contribution < -0.4 is 0 Å². The Kier molecular flexibility index (Phi) is 3.44. The highest BCUT2D eigenvalue weighted by Crippen LogP contribution is 2.21. The Hall–Kier alpha value is -1.37. The molecule has 13 heavy (non-hydrogen) atoms. The zero-order chi connectivity index (χ0) is 9.68. The zero-order valence-corrected chi connectivity index (χ0v) is 7.95. The van der Waals surface area contributed by atoms with Crippen LogP contribution in [0.5, 0.6) is 0 Å². The van der Waals surface area contributed by atoms with Crippen LogP contribution in [-0.2, 0) is 4.79 Å². The number of benzene rings is 1. The van der Waals surface area contributed by atoms with E-state index in [1.165, 1.54) is 0 Å². The molecule has 0 amide bonds. The minimum Gasteiger partial charge on any atom is -0.290 e. The predicted octanol–water partition coefficient (Wildman–Crippen LogP) is 2.84. The third-order valence-corrected chi connectivity index (χ3v) is 2.06. The molecule has 1 heteroatoms. The van der Waals surface area contributed by atoms with Gasteiger partial charge in [0.15, 0.2) is 0 Å². The molecule has 0 N–H and O–H groups in total. The fraction of sp³-hybridized carbons (Fsp3) is 0.250. The Labute approximate surface area is 79.1 Å². The minimum atomic E-state index is -0.146. The summed E-state index contributed by atoms with van der Waals surface area (Å²) < 4.78 is 0. The van der Waals surface area contributed by atoms with Crippen LogP contribution in [-0.4, -0.2) is 6.29 Å². The van der Waals surface area contributed by atoms with Crippen molar-refractivity contribution in [3.05, 3.63) is 42.0 Å².